The van der Waals surface area contributed by atoms with Gasteiger partial charge in [-0.3, -0.25) is 14.5 Å². The Balaban J connectivity index is 0.00000280. The molecule has 1 unspecified atom stereocenters. The fourth-order valence-electron chi connectivity index (χ4n) is 3.66. The van der Waals surface area contributed by atoms with Gasteiger partial charge in [0, 0.05) is 18.8 Å². The maximum atomic E-state index is 12.6. The number of hydrogen-bond donors (Lipinski definition) is 2. The highest BCUT2D eigenvalue weighted by atomic mass is 35.5. The van der Waals surface area contributed by atoms with Crippen LogP contribution in [0.2, 0.25) is 0 Å². The molecule has 2 aliphatic rings. The molecule has 0 aliphatic carbocycles. The fourth-order valence-corrected chi connectivity index (χ4v) is 5.22. The van der Waals surface area contributed by atoms with Crippen molar-refractivity contribution in [1.29, 1.82) is 0 Å². The zero-order valence-electron chi connectivity index (χ0n) is 15.5. The Hall–Kier alpha value is -1.68. The van der Waals surface area contributed by atoms with Gasteiger partial charge in [0.25, 0.3) is 0 Å². The first kappa shape index (κ1) is 22.6. The third-order valence-corrected chi connectivity index (χ3v) is 6.96. The number of hydrogen-bond acceptors (Lipinski definition) is 5. The molecule has 0 aromatic heterocycles. The summed E-state index contributed by atoms with van der Waals surface area (Å²) in [5.41, 5.74) is 0.393. The van der Waals surface area contributed by atoms with Crippen LogP contribution >= 0.6 is 12.4 Å². The highest BCUT2D eigenvalue weighted by Gasteiger charge is 2.30. The summed E-state index contributed by atoms with van der Waals surface area (Å²) in [6.45, 7) is 1.57. The molecule has 1 aromatic carbocycles. The van der Waals surface area contributed by atoms with E-state index in [0.29, 0.717) is 31.7 Å². The van der Waals surface area contributed by atoms with Crippen LogP contribution in [0, 0.1) is 0 Å². The minimum atomic E-state index is -3.55. The number of likely N-dealkylation sites (tertiary alicyclic amines) is 1. The Kier molecular flexibility index (Phi) is 7.82. The summed E-state index contributed by atoms with van der Waals surface area (Å²) in [7, 11) is -3.55. The summed E-state index contributed by atoms with van der Waals surface area (Å²) in [5.74, 6) is -1.26. The number of carbonyl (C=O) groups excluding carboxylic acids is 1. The number of nitrogens with zero attached hydrogens (tertiary/aromatic N) is 2. The quantitative estimate of drug-likeness (QED) is 0.710. The number of rotatable bonds is 6. The SMILES string of the molecule is Cl.O=C(CN1CCCCC1C(=O)O)Nc1cccc(S(=O)(=O)N2CCCC2)c1. The maximum Gasteiger partial charge on any atom is 0.320 e. The molecule has 156 valence electrons. The second-order valence-corrected chi connectivity index (χ2v) is 8.95. The molecule has 2 aliphatic heterocycles. The summed E-state index contributed by atoms with van der Waals surface area (Å²) in [5, 5.41) is 12.0. The fraction of sp³-hybridized carbons (Fsp3) is 0.556. The lowest BCUT2D eigenvalue weighted by Gasteiger charge is -2.32. The van der Waals surface area contributed by atoms with Crippen molar-refractivity contribution >= 4 is 40.0 Å². The predicted molar refractivity (Wildman–Crippen MR) is 107 cm³/mol. The number of aliphatic carboxylic acids is 1. The van der Waals surface area contributed by atoms with Crippen molar-refractivity contribution in [3.05, 3.63) is 24.3 Å². The van der Waals surface area contributed by atoms with Crippen molar-refractivity contribution in [3.63, 3.8) is 0 Å². The molecule has 2 N–H and O–H groups in total. The Labute approximate surface area is 171 Å². The first-order valence-corrected chi connectivity index (χ1v) is 10.7. The van der Waals surface area contributed by atoms with Crippen LogP contribution in [-0.4, -0.2) is 66.8 Å². The molecule has 28 heavy (non-hydrogen) atoms. The molecule has 0 spiro atoms. The van der Waals surface area contributed by atoms with E-state index in [0.717, 1.165) is 25.7 Å². The van der Waals surface area contributed by atoms with E-state index in [-0.39, 0.29) is 29.8 Å². The average molecular weight is 432 g/mol. The molecule has 1 atom stereocenters. The average Bonchev–Trinajstić information content (AvgIpc) is 3.17. The number of anilines is 1. The van der Waals surface area contributed by atoms with Crippen molar-refractivity contribution < 1.29 is 23.1 Å². The summed E-state index contributed by atoms with van der Waals surface area (Å²) in [4.78, 5) is 25.5. The molecule has 2 fully saturated rings. The first-order valence-electron chi connectivity index (χ1n) is 9.25. The summed E-state index contributed by atoms with van der Waals surface area (Å²) in [6, 6.07) is 5.56. The zero-order valence-corrected chi connectivity index (χ0v) is 17.2. The number of carbonyl (C=O) groups is 2. The topological polar surface area (TPSA) is 107 Å². The predicted octanol–water partition coefficient (Wildman–Crippen LogP) is 1.77. The van der Waals surface area contributed by atoms with Gasteiger partial charge < -0.3 is 10.4 Å². The van der Waals surface area contributed by atoms with Crippen LogP contribution in [0.3, 0.4) is 0 Å². The van der Waals surface area contributed by atoms with E-state index in [1.807, 2.05) is 0 Å². The minimum absolute atomic E-state index is 0. The second-order valence-electron chi connectivity index (χ2n) is 7.01. The van der Waals surface area contributed by atoms with Crippen LogP contribution in [0.25, 0.3) is 0 Å². The Morgan fingerprint density at radius 2 is 1.79 bits per heavy atom. The van der Waals surface area contributed by atoms with E-state index in [1.165, 1.54) is 16.4 Å². The van der Waals surface area contributed by atoms with E-state index in [4.69, 9.17) is 0 Å². The van der Waals surface area contributed by atoms with Crippen molar-refractivity contribution in [3.8, 4) is 0 Å². The van der Waals surface area contributed by atoms with E-state index in [1.54, 1.807) is 17.0 Å². The number of carboxylic acids is 1. The maximum absolute atomic E-state index is 12.6. The number of carboxylic acid groups (broad SMARTS) is 1. The van der Waals surface area contributed by atoms with Crippen LogP contribution in [0.1, 0.15) is 32.1 Å². The van der Waals surface area contributed by atoms with Crippen LogP contribution in [0.15, 0.2) is 29.2 Å². The molecule has 0 radical (unpaired) electrons. The number of halogens is 1. The molecule has 1 aromatic rings. The van der Waals surface area contributed by atoms with Gasteiger partial charge in [-0.2, -0.15) is 4.31 Å². The third kappa shape index (κ3) is 5.22. The molecule has 8 nitrogen and oxygen atoms in total. The van der Waals surface area contributed by atoms with Gasteiger partial charge in [-0.15, -0.1) is 12.4 Å². The van der Waals surface area contributed by atoms with Crippen molar-refractivity contribution in [2.75, 3.05) is 31.5 Å². The number of benzene rings is 1. The van der Waals surface area contributed by atoms with Crippen molar-refractivity contribution in [2.24, 2.45) is 0 Å². The molecule has 10 heteroatoms. The number of nitrogens with one attached hydrogen (secondary N) is 1. The summed E-state index contributed by atoms with van der Waals surface area (Å²) >= 11 is 0. The molecular formula is C18H26ClN3O5S. The van der Waals surface area contributed by atoms with Gasteiger partial charge in [0.05, 0.1) is 11.4 Å². The molecule has 1 amide bonds. The van der Waals surface area contributed by atoms with Crippen LogP contribution in [-0.2, 0) is 19.6 Å². The van der Waals surface area contributed by atoms with Gasteiger partial charge in [0.15, 0.2) is 0 Å². The molecule has 3 rings (SSSR count). The van der Waals surface area contributed by atoms with Gasteiger partial charge in [0.1, 0.15) is 6.04 Å². The normalized spacial score (nSPS) is 21.1. The lowest BCUT2D eigenvalue weighted by atomic mass is 10.0. The summed E-state index contributed by atoms with van der Waals surface area (Å²) in [6.07, 6.45) is 3.95. The number of piperidine rings is 1. The number of sulfonamides is 1. The lowest BCUT2D eigenvalue weighted by Crippen LogP contribution is -2.47. The zero-order chi connectivity index (χ0) is 19.4. The van der Waals surface area contributed by atoms with E-state index < -0.39 is 22.0 Å². The smallest absolute Gasteiger partial charge is 0.320 e. The molecule has 2 saturated heterocycles. The molecular weight excluding hydrogens is 406 g/mol. The number of amides is 1. The summed E-state index contributed by atoms with van der Waals surface area (Å²) < 4.78 is 26.8. The Morgan fingerprint density at radius 1 is 1.11 bits per heavy atom. The van der Waals surface area contributed by atoms with Gasteiger partial charge in [-0.05, 0) is 50.4 Å². The Bertz CT molecular complexity index is 811. The van der Waals surface area contributed by atoms with Gasteiger partial charge in [-0.25, -0.2) is 8.42 Å². The second kappa shape index (κ2) is 9.69. The van der Waals surface area contributed by atoms with E-state index in [9.17, 15) is 23.1 Å². The van der Waals surface area contributed by atoms with Crippen LogP contribution < -0.4 is 5.32 Å². The largest absolute Gasteiger partial charge is 0.480 e. The third-order valence-electron chi connectivity index (χ3n) is 5.07. The highest BCUT2D eigenvalue weighted by Crippen LogP contribution is 2.23. The molecule has 0 saturated carbocycles. The first-order chi connectivity index (χ1) is 12.9. The van der Waals surface area contributed by atoms with Crippen LogP contribution in [0.5, 0.6) is 0 Å². The minimum Gasteiger partial charge on any atom is -0.480 e. The van der Waals surface area contributed by atoms with Crippen molar-refractivity contribution in [1.82, 2.24) is 9.21 Å². The van der Waals surface area contributed by atoms with E-state index in [2.05, 4.69) is 5.32 Å². The lowest BCUT2D eigenvalue weighted by molar-refractivity contribution is -0.145. The molecule has 0 bridgehead atoms. The van der Waals surface area contributed by atoms with Crippen molar-refractivity contribution in [2.45, 2.75) is 43.0 Å². The molecule has 2 heterocycles. The highest BCUT2D eigenvalue weighted by molar-refractivity contribution is 7.89. The Morgan fingerprint density at radius 3 is 2.46 bits per heavy atom. The van der Waals surface area contributed by atoms with Gasteiger partial charge >= 0.3 is 5.97 Å². The van der Waals surface area contributed by atoms with Gasteiger partial charge in [-0.1, -0.05) is 12.5 Å². The van der Waals surface area contributed by atoms with Gasteiger partial charge in [0.2, 0.25) is 15.9 Å². The monoisotopic (exact) mass is 431 g/mol. The van der Waals surface area contributed by atoms with E-state index >= 15 is 0 Å². The standard InChI is InChI=1S/C18H25N3O5S.ClH/c22-17(13-20-9-2-1-8-16(20)18(23)24)19-14-6-5-7-15(12-14)27(25,26)21-10-3-4-11-21;/h5-7,12,16H,1-4,8-11,13H2,(H,19,22)(H,23,24);1H. The van der Waals surface area contributed by atoms with Crippen LogP contribution in [0.4, 0.5) is 5.69 Å².